The van der Waals surface area contributed by atoms with Crippen molar-refractivity contribution < 1.29 is 9.53 Å². The van der Waals surface area contributed by atoms with Gasteiger partial charge in [0.2, 0.25) is 0 Å². The minimum Gasteiger partial charge on any atom is -0.462 e. The van der Waals surface area contributed by atoms with Gasteiger partial charge in [-0.3, -0.25) is 4.79 Å². The quantitative estimate of drug-likeness (QED) is 0.349. The highest BCUT2D eigenvalue weighted by atomic mass is 16.5. The Balaban J connectivity index is 1.64. The molecule has 0 amide bonds. The minimum absolute atomic E-state index is 0.0537. The molecule has 134 valence electrons. The molecular formula is C21H33NO2. The zero-order valence-corrected chi connectivity index (χ0v) is 15.2. The number of rotatable bonds is 7. The van der Waals surface area contributed by atoms with Crippen molar-refractivity contribution in [1.82, 2.24) is 0 Å². The largest absolute Gasteiger partial charge is 0.462 e. The Labute approximate surface area is 147 Å². The van der Waals surface area contributed by atoms with Crippen LogP contribution in [-0.2, 0) is 9.53 Å². The third-order valence-corrected chi connectivity index (χ3v) is 5.84. The van der Waals surface area contributed by atoms with Crippen molar-refractivity contribution in [2.45, 2.75) is 90.1 Å². The van der Waals surface area contributed by atoms with E-state index in [0.717, 1.165) is 44.4 Å². The van der Waals surface area contributed by atoms with Crippen LogP contribution in [0.5, 0.6) is 0 Å². The molecule has 3 nitrogen and oxygen atoms in total. The van der Waals surface area contributed by atoms with Crippen molar-refractivity contribution >= 4 is 5.97 Å². The molecule has 0 unspecified atom stereocenters. The van der Waals surface area contributed by atoms with E-state index in [0.29, 0.717) is 5.92 Å². The summed E-state index contributed by atoms with van der Waals surface area (Å²) in [4.78, 5) is 12.4. The van der Waals surface area contributed by atoms with Crippen LogP contribution in [0.4, 0.5) is 0 Å². The number of hydrogen-bond donors (Lipinski definition) is 0. The Kier molecular flexibility index (Phi) is 8.36. The molecule has 2 aliphatic rings. The molecule has 0 spiro atoms. The Hall–Kier alpha value is -1.30. The first-order valence-corrected chi connectivity index (χ1v) is 9.99. The van der Waals surface area contributed by atoms with Gasteiger partial charge in [0.05, 0.1) is 12.0 Å². The molecule has 0 aromatic heterocycles. The lowest BCUT2D eigenvalue weighted by atomic mass is 9.79. The van der Waals surface area contributed by atoms with Gasteiger partial charge in [0.1, 0.15) is 6.10 Å². The van der Waals surface area contributed by atoms with Crippen LogP contribution < -0.4 is 0 Å². The number of allylic oxidation sites excluding steroid dienone is 2. The van der Waals surface area contributed by atoms with E-state index in [-0.39, 0.29) is 18.0 Å². The second-order valence-corrected chi connectivity index (χ2v) is 7.68. The van der Waals surface area contributed by atoms with Gasteiger partial charge in [-0.2, -0.15) is 5.26 Å². The molecule has 0 radical (unpaired) electrons. The third kappa shape index (κ3) is 6.30. The van der Waals surface area contributed by atoms with Gasteiger partial charge in [0.15, 0.2) is 0 Å². The van der Waals surface area contributed by atoms with Gasteiger partial charge in [0.25, 0.3) is 0 Å². The third-order valence-electron chi connectivity index (χ3n) is 5.84. The predicted octanol–water partition coefficient (Wildman–Crippen LogP) is 5.55. The van der Waals surface area contributed by atoms with Crippen LogP contribution in [0.15, 0.2) is 12.2 Å². The average Bonchev–Trinajstić information content (AvgIpc) is 2.62. The SMILES string of the molecule is CCCCCC1CCC(C(=O)OC2CCC(/C=C/C#N)CC2)CC1. The predicted molar refractivity (Wildman–Crippen MR) is 96.2 cm³/mol. The summed E-state index contributed by atoms with van der Waals surface area (Å²) in [7, 11) is 0. The molecule has 0 saturated heterocycles. The van der Waals surface area contributed by atoms with Crippen molar-refractivity contribution in [2.24, 2.45) is 17.8 Å². The van der Waals surface area contributed by atoms with E-state index in [1.807, 2.05) is 6.08 Å². The van der Waals surface area contributed by atoms with Gasteiger partial charge in [0, 0.05) is 6.08 Å². The van der Waals surface area contributed by atoms with E-state index < -0.39 is 0 Å². The minimum atomic E-state index is 0.0537. The number of nitriles is 1. The fraction of sp³-hybridized carbons (Fsp3) is 0.810. The van der Waals surface area contributed by atoms with Gasteiger partial charge in [-0.15, -0.1) is 0 Å². The molecule has 0 aliphatic heterocycles. The fourth-order valence-electron chi connectivity index (χ4n) is 4.21. The zero-order valence-electron chi connectivity index (χ0n) is 15.2. The molecule has 24 heavy (non-hydrogen) atoms. The number of hydrogen-bond acceptors (Lipinski definition) is 3. The van der Waals surface area contributed by atoms with Crippen molar-refractivity contribution in [1.29, 1.82) is 5.26 Å². The van der Waals surface area contributed by atoms with Crippen LogP contribution in [0.1, 0.15) is 84.0 Å². The standard InChI is InChI=1S/C21H33NO2/c1-2-3-4-6-17-8-12-19(13-9-17)21(23)24-20-14-10-18(11-15-20)7-5-16-22/h5,7,17-20H,2-4,6,8-15H2,1H3/b7-5+. The van der Waals surface area contributed by atoms with Crippen LogP contribution in [0, 0.1) is 29.1 Å². The normalized spacial score (nSPS) is 30.8. The summed E-state index contributed by atoms with van der Waals surface area (Å²) in [5, 5.41) is 8.58. The lowest BCUT2D eigenvalue weighted by molar-refractivity contribution is -0.157. The summed E-state index contributed by atoms with van der Waals surface area (Å²) in [6.45, 7) is 2.25. The van der Waals surface area contributed by atoms with Crippen molar-refractivity contribution in [3.63, 3.8) is 0 Å². The van der Waals surface area contributed by atoms with E-state index in [1.165, 1.54) is 38.5 Å². The number of esters is 1. The van der Waals surface area contributed by atoms with Gasteiger partial charge >= 0.3 is 5.97 Å². The first-order chi connectivity index (χ1) is 11.7. The number of carbonyl (C=O) groups excluding carboxylic acids is 1. The zero-order chi connectivity index (χ0) is 17.2. The lowest BCUT2D eigenvalue weighted by Gasteiger charge is -2.31. The highest BCUT2D eigenvalue weighted by molar-refractivity contribution is 5.72. The van der Waals surface area contributed by atoms with Crippen molar-refractivity contribution in [2.75, 3.05) is 0 Å². The summed E-state index contributed by atoms with van der Waals surface area (Å²) in [6.07, 6.45) is 17.4. The smallest absolute Gasteiger partial charge is 0.309 e. The molecule has 0 bridgehead atoms. The summed E-state index contributed by atoms with van der Waals surface area (Å²) in [6, 6.07) is 2.05. The average molecular weight is 332 g/mol. The summed E-state index contributed by atoms with van der Waals surface area (Å²) in [5.41, 5.74) is 0. The number of nitrogens with zero attached hydrogens (tertiary/aromatic N) is 1. The maximum absolute atomic E-state index is 12.4. The summed E-state index contributed by atoms with van der Waals surface area (Å²) in [5.74, 6) is 1.52. The molecule has 0 N–H and O–H groups in total. The van der Waals surface area contributed by atoms with Crippen LogP contribution in [0.2, 0.25) is 0 Å². The molecule has 0 aromatic carbocycles. The molecule has 0 aromatic rings. The Morgan fingerprint density at radius 1 is 1.08 bits per heavy atom. The monoisotopic (exact) mass is 331 g/mol. The molecular weight excluding hydrogens is 298 g/mol. The van der Waals surface area contributed by atoms with Gasteiger partial charge in [-0.25, -0.2) is 0 Å². The van der Waals surface area contributed by atoms with E-state index in [9.17, 15) is 4.79 Å². The molecule has 2 aliphatic carbocycles. The summed E-state index contributed by atoms with van der Waals surface area (Å²) >= 11 is 0. The maximum Gasteiger partial charge on any atom is 0.309 e. The Morgan fingerprint density at radius 3 is 2.42 bits per heavy atom. The maximum atomic E-state index is 12.4. The van der Waals surface area contributed by atoms with Crippen LogP contribution >= 0.6 is 0 Å². The Bertz CT molecular complexity index is 435. The molecule has 0 heterocycles. The summed E-state index contributed by atoms with van der Waals surface area (Å²) < 4.78 is 5.79. The Morgan fingerprint density at radius 2 is 1.79 bits per heavy atom. The fourth-order valence-corrected chi connectivity index (χ4v) is 4.21. The van der Waals surface area contributed by atoms with Crippen LogP contribution in [0.3, 0.4) is 0 Å². The topological polar surface area (TPSA) is 50.1 Å². The van der Waals surface area contributed by atoms with Crippen molar-refractivity contribution in [3.8, 4) is 6.07 Å². The lowest BCUT2D eigenvalue weighted by Crippen LogP contribution is -2.29. The van der Waals surface area contributed by atoms with E-state index in [1.54, 1.807) is 6.08 Å². The first-order valence-electron chi connectivity index (χ1n) is 9.99. The van der Waals surface area contributed by atoms with Gasteiger partial charge in [-0.05, 0) is 63.2 Å². The first kappa shape index (κ1) is 19.0. The highest BCUT2D eigenvalue weighted by Gasteiger charge is 2.30. The molecule has 2 rings (SSSR count). The second-order valence-electron chi connectivity index (χ2n) is 7.68. The van der Waals surface area contributed by atoms with E-state index in [2.05, 4.69) is 13.0 Å². The van der Waals surface area contributed by atoms with Crippen molar-refractivity contribution in [3.05, 3.63) is 12.2 Å². The second kappa shape index (κ2) is 10.5. The van der Waals surface area contributed by atoms with E-state index >= 15 is 0 Å². The van der Waals surface area contributed by atoms with Gasteiger partial charge in [-0.1, -0.05) is 38.7 Å². The van der Waals surface area contributed by atoms with Gasteiger partial charge < -0.3 is 4.74 Å². The molecule has 2 saturated carbocycles. The molecule has 2 fully saturated rings. The number of carbonyl (C=O) groups is 1. The van der Waals surface area contributed by atoms with Crippen LogP contribution in [0.25, 0.3) is 0 Å². The van der Waals surface area contributed by atoms with E-state index in [4.69, 9.17) is 10.00 Å². The highest BCUT2D eigenvalue weighted by Crippen LogP contribution is 2.34. The van der Waals surface area contributed by atoms with Crippen LogP contribution in [-0.4, -0.2) is 12.1 Å². The number of unbranched alkanes of at least 4 members (excludes halogenated alkanes) is 2. The molecule has 3 heteroatoms. The molecule has 0 atom stereocenters. The number of ether oxygens (including phenoxy) is 1.